The third kappa shape index (κ3) is 2.41. The van der Waals surface area contributed by atoms with Crippen molar-refractivity contribution in [3.63, 3.8) is 0 Å². The molecule has 2 unspecified atom stereocenters. The zero-order chi connectivity index (χ0) is 6.69. The predicted octanol–water partition coefficient (Wildman–Crippen LogP) is 2.84. The van der Waals surface area contributed by atoms with E-state index in [1.807, 2.05) is 21.6 Å². The molecule has 0 amide bonds. The van der Waals surface area contributed by atoms with Gasteiger partial charge in [0.05, 0.1) is 0 Å². The van der Waals surface area contributed by atoms with Gasteiger partial charge in [-0.15, -0.1) is 23.2 Å². The number of alkyl halides is 2. The molecule has 0 radical (unpaired) electrons. The number of hydrogen-bond donors (Lipinski definition) is 0. The Balaban J connectivity index is 2.30. The molecule has 1 heterocycles. The van der Waals surface area contributed by atoms with E-state index in [4.69, 9.17) is 23.2 Å². The molecule has 1 aliphatic rings. The van der Waals surface area contributed by atoms with Crippen LogP contribution in [0.25, 0.3) is 0 Å². The molecular formula is C5H8Cl2S2. The first-order valence-electron chi connectivity index (χ1n) is 2.79. The molecule has 9 heavy (non-hydrogen) atoms. The first kappa shape index (κ1) is 8.38. The molecule has 1 aliphatic heterocycles. The topological polar surface area (TPSA) is 0 Å². The lowest BCUT2D eigenvalue weighted by Crippen LogP contribution is -2.23. The second-order valence-electron chi connectivity index (χ2n) is 2.00. The quantitative estimate of drug-likeness (QED) is 0.474. The summed E-state index contributed by atoms with van der Waals surface area (Å²) in [5.41, 5.74) is 0. The van der Waals surface area contributed by atoms with Crippen molar-refractivity contribution < 1.29 is 0 Å². The van der Waals surface area contributed by atoms with Crippen LogP contribution >= 0.6 is 44.8 Å². The minimum atomic E-state index is 0.300. The van der Waals surface area contributed by atoms with E-state index in [1.165, 1.54) is 0 Å². The van der Waals surface area contributed by atoms with Gasteiger partial charge in [-0.05, 0) is 5.92 Å². The molecule has 1 saturated heterocycles. The Bertz CT molecular complexity index is 89.0. The van der Waals surface area contributed by atoms with E-state index in [-0.39, 0.29) is 0 Å². The van der Waals surface area contributed by atoms with E-state index >= 15 is 0 Å². The van der Waals surface area contributed by atoms with E-state index in [0.29, 0.717) is 17.2 Å². The second kappa shape index (κ2) is 4.22. The summed E-state index contributed by atoms with van der Waals surface area (Å²) in [4.78, 5) is 0. The first-order chi connectivity index (χ1) is 4.34. The van der Waals surface area contributed by atoms with Crippen molar-refractivity contribution in [2.45, 2.75) is 5.38 Å². The van der Waals surface area contributed by atoms with Gasteiger partial charge in [0.2, 0.25) is 0 Å². The molecule has 0 spiro atoms. The maximum Gasteiger partial charge on any atom is 0.0482 e. The molecule has 54 valence electrons. The molecule has 0 aromatic heterocycles. The maximum atomic E-state index is 5.96. The molecule has 0 saturated carbocycles. The third-order valence-corrected chi connectivity index (χ3v) is 4.94. The minimum absolute atomic E-state index is 0.300. The summed E-state index contributed by atoms with van der Waals surface area (Å²) in [6.07, 6.45) is 0. The average Bonchev–Trinajstić information content (AvgIpc) is 1.89. The lowest BCUT2D eigenvalue weighted by Gasteiger charge is -2.23. The van der Waals surface area contributed by atoms with Crippen molar-refractivity contribution in [3.05, 3.63) is 0 Å². The molecule has 0 nitrogen and oxygen atoms in total. The van der Waals surface area contributed by atoms with E-state index in [1.54, 1.807) is 0 Å². The van der Waals surface area contributed by atoms with Crippen LogP contribution in [-0.4, -0.2) is 22.8 Å². The zero-order valence-corrected chi connectivity index (χ0v) is 7.99. The van der Waals surface area contributed by atoms with Crippen LogP contribution in [0, 0.1) is 5.92 Å². The lowest BCUT2D eigenvalue weighted by atomic mass is 10.1. The van der Waals surface area contributed by atoms with E-state index in [0.717, 1.165) is 11.5 Å². The van der Waals surface area contributed by atoms with Crippen molar-refractivity contribution in [1.82, 2.24) is 0 Å². The van der Waals surface area contributed by atoms with Gasteiger partial charge in [-0.3, -0.25) is 0 Å². The fourth-order valence-corrected chi connectivity index (χ4v) is 4.53. The summed E-state index contributed by atoms with van der Waals surface area (Å²) in [6.45, 7) is 0. The number of hydrogen-bond acceptors (Lipinski definition) is 2. The molecule has 1 fully saturated rings. The molecule has 0 aromatic carbocycles. The monoisotopic (exact) mass is 202 g/mol. The van der Waals surface area contributed by atoms with E-state index in [2.05, 4.69) is 0 Å². The molecule has 2 atom stereocenters. The van der Waals surface area contributed by atoms with Crippen molar-refractivity contribution >= 4 is 44.8 Å². The van der Waals surface area contributed by atoms with Crippen LogP contribution in [0.3, 0.4) is 0 Å². The highest BCUT2D eigenvalue weighted by Crippen LogP contribution is 2.35. The fraction of sp³-hybridized carbons (Fsp3) is 1.00. The Morgan fingerprint density at radius 2 is 2.00 bits per heavy atom. The van der Waals surface area contributed by atoms with Crippen molar-refractivity contribution in [1.29, 1.82) is 0 Å². The normalized spacial score (nSPS) is 36.7. The smallest absolute Gasteiger partial charge is 0.0482 e. The van der Waals surface area contributed by atoms with Gasteiger partial charge < -0.3 is 0 Å². The Morgan fingerprint density at radius 3 is 2.44 bits per heavy atom. The maximum absolute atomic E-state index is 5.96. The van der Waals surface area contributed by atoms with Crippen molar-refractivity contribution in [3.8, 4) is 0 Å². The van der Waals surface area contributed by atoms with Crippen LogP contribution in [0.1, 0.15) is 0 Å². The summed E-state index contributed by atoms with van der Waals surface area (Å²) >= 11 is 11.6. The van der Waals surface area contributed by atoms with Gasteiger partial charge in [0, 0.05) is 22.8 Å². The molecule has 0 aromatic rings. The van der Waals surface area contributed by atoms with Crippen LogP contribution in [0.5, 0.6) is 0 Å². The number of rotatable bonds is 1. The van der Waals surface area contributed by atoms with E-state index < -0.39 is 0 Å². The molecule has 0 aliphatic carbocycles. The number of halogens is 2. The Kier molecular flexibility index (Phi) is 3.93. The molecule has 0 bridgehead atoms. The Morgan fingerprint density at radius 1 is 1.33 bits per heavy atom. The summed E-state index contributed by atoms with van der Waals surface area (Å²) in [5.74, 6) is 3.40. The Labute approximate surface area is 73.4 Å². The van der Waals surface area contributed by atoms with Crippen molar-refractivity contribution in [2.75, 3.05) is 17.4 Å². The molecular weight excluding hydrogens is 195 g/mol. The molecule has 0 N–H and O–H groups in total. The summed E-state index contributed by atoms with van der Waals surface area (Å²) in [7, 11) is 3.73. The van der Waals surface area contributed by atoms with Crippen molar-refractivity contribution in [2.24, 2.45) is 5.92 Å². The summed E-state index contributed by atoms with van der Waals surface area (Å²) < 4.78 is 0. The van der Waals surface area contributed by atoms with Gasteiger partial charge >= 0.3 is 0 Å². The Hall–Kier alpha value is 1.28. The molecule has 1 rings (SSSR count). The largest absolute Gasteiger partial charge is 0.126 e. The van der Waals surface area contributed by atoms with E-state index in [9.17, 15) is 0 Å². The zero-order valence-electron chi connectivity index (χ0n) is 4.85. The average molecular weight is 203 g/mol. The third-order valence-electron chi connectivity index (χ3n) is 1.30. The lowest BCUT2D eigenvalue weighted by molar-refractivity contribution is 0.657. The highest BCUT2D eigenvalue weighted by molar-refractivity contribution is 8.76. The molecule has 4 heteroatoms. The predicted molar refractivity (Wildman–Crippen MR) is 48.8 cm³/mol. The van der Waals surface area contributed by atoms with Crippen LogP contribution in [0.15, 0.2) is 0 Å². The minimum Gasteiger partial charge on any atom is -0.126 e. The van der Waals surface area contributed by atoms with Gasteiger partial charge in [0.1, 0.15) is 0 Å². The first-order valence-corrected chi connectivity index (χ1v) is 6.25. The van der Waals surface area contributed by atoms with Crippen LogP contribution in [-0.2, 0) is 0 Å². The highest BCUT2D eigenvalue weighted by atomic mass is 35.5. The fourth-order valence-electron chi connectivity index (χ4n) is 0.630. The van der Waals surface area contributed by atoms with Gasteiger partial charge in [-0.25, -0.2) is 0 Å². The highest BCUT2D eigenvalue weighted by Gasteiger charge is 2.22. The van der Waals surface area contributed by atoms with Gasteiger partial charge in [0.25, 0.3) is 0 Å². The SMILES string of the molecule is ClCC1CSSCC1Cl. The van der Waals surface area contributed by atoms with Crippen LogP contribution in [0.4, 0.5) is 0 Å². The summed E-state index contributed by atoms with van der Waals surface area (Å²) in [5, 5.41) is 0.300. The summed E-state index contributed by atoms with van der Waals surface area (Å²) in [6, 6.07) is 0. The van der Waals surface area contributed by atoms with Gasteiger partial charge in [-0.2, -0.15) is 0 Å². The standard InChI is InChI=1S/C5H8Cl2S2/c6-1-4-2-8-9-3-5(4)7/h4-5H,1-3H2. The van der Waals surface area contributed by atoms with Gasteiger partial charge in [-0.1, -0.05) is 21.6 Å². The van der Waals surface area contributed by atoms with Gasteiger partial charge in [0.15, 0.2) is 0 Å². The van der Waals surface area contributed by atoms with Crippen LogP contribution in [0.2, 0.25) is 0 Å². The second-order valence-corrected chi connectivity index (χ2v) is 5.42. The van der Waals surface area contributed by atoms with Crippen LogP contribution < -0.4 is 0 Å².